The van der Waals surface area contributed by atoms with Gasteiger partial charge in [-0.25, -0.2) is 4.79 Å². The van der Waals surface area contributed by atoms with Crippen LogP contribution in [-0.2, 0) is 9.59 Å². The van der Waals surface area contributed by atoms with Crippen LogP contribution in [0.25, 0.3) is 0 Å². The lowest BCUT2D eigenvalue weighted by Crippen LogP contribution is -2.49. The van der Waals surface area contributed by atoms with Crippen LogP contribution in [0.2, 0.25) is 0 Å². The minimum Gasteiger partial charge on any atom is -0.481 e. The second-order valence-electron chi connectivity index (χ2n) is 4.85. The number of urea groups is 1. The maximum Gasteiger partial charge on any atom is 0.324 e. The molecule has 0 aromatic rings. The number of aliphatic carboxylic acids is 1. The maximum absolute atomic E-state index is 12.0. The molecule has 2 N–H and O–H groups in total. The minimum atomic E-state index is -0.929. The van der Waals surface area contributed by atoms with Gasteiger partial charge in [-0.15, -0.1) is 0 Å². The lowest BCUT2D eigenvalue weighted by Gasteiger charge is -2.34. The predicted molar refractivity (Wildman–Crippen MR) is 69.7 cm³/mol. The number of piperidine rings is 1. The van der Waals surface area contributed by atoms with Gasteiger partial charge in [-0.05, 0) is 32.1 Å². The first-order chi connectivity index (χ1) is 9.04. The highest BCUT2D eigenvalue weighted by molar-refractivity contribution is 5.94. The van der Waals surface area contributed by atoms with Crippen molar-refractivity contribution < 1.29 is 19.5 Å². The van der Waals surface area contributed by atoms with Crippen LogP contribution in [0.15, 0.2) is 0 Å². The summed E-state index contributed by atoms with van der Waals surface area (Å²) in [5, 5.41) is 10.8. The van der Waals surface area contributed by atoms with Crippen molar-refractivity contribution in [3.05, 3.63) is 0 Å². The van der Waals surface area contributed by atoms with Crippen molar-refractivity contribution in [2.24, 2.45) is 0 Å². The van der Waals surface area contributed by atoms with Gasteiger partial charge >= 0.3 is 12.0 Å². The van der Waals surface area contributed by atoms with Crippen molar-refractivity contribution in [3.63, 3.8) is 0 Å². The number of imide groups is 1. The summed E-state index contributed by atoms with van der Waals surface area (Å²) in [4.78, 5) is 35.5. The van der Waals surface area contributed by atoms with E-state index in [1.165, 1.54) is 0 Å². The van der Waals surface area contributed by atoms with Gasteiger partial charge in [-0.3, -0.25) is 14.9 Å². The van der Waals surface area contributed by atoms with Crippen LogP contribution in [-0.4, -0.2) is 40.5 Å². The Morgan fingerprint density at radius 2 is 2.00 bits per heavy atom. The second-order valence-corrected chi connectivity index (χ2v) is 4.85. The van der Waals surface area contributed by atoms with Gasteiger partial charge in [-0.2, -0.15) is 0 Å². The highest BCUT2D eigenvalue weighted by atomic mass is 16.4. The lowest BCUT2D eigenvalue weighted by atomic mass is 10.0. The first kappa shape index (κ1) is 15.5. The summed E-state index contributed by atoms with van der Waals surface area (Å²) < 4.78 is 0. The fourth-order valence-electron chi connectivity index (χ4n) is 2.35. The van der Waals surface area contributed by atoms with E-state index in [-0.39, 0.29) is 31.3 Å². The third-order valence-corrected chi connectivity index (χ3v) is 3.40. The molecule has 1 heterocycles. The SMILES string of the molecule is CCC1CCCCN1C(=O)NC(=O)CCCC(=O)O. The summed E-state index contributed by atoms with van der Waals surface area (Å²) in [6, 6.07) is -0.132. The Morgan fingerprint density at radius 3 is 2.63 bits per heavy atom. The molecular weight excluding hydrogens is 248 g/mol. The molecule has 1 fully saturated rings. The molecule has 3 amide bonds. The number of carboxylic acids is 1. The number of hydrogen-bond acceptors (Lipinski definition) is 3. The van der Waals surface area contributed by atoms with Gasteiger partial charge in [0, 0.05) is 25.4 Å². The molecule has 1 atom stereocenters. The molecule has 1 unspecified atom stereocenters. The normalized spacial score (nSPS) is 19.0. The highest BCUT2D eigenvalue weighted by Crippen LogP contribution is 2.19. The van der Waals surface area contributed by atoms with E-state index in [1.807, 2.05) is 6.92 Å². The van der Waals surface area contributed by atoms with Crippen LogP contribution in [0.5, 0.6) is 0 Å². The Labute approximate surface area is 113 Å². The summed E-state index contributed by atoms with van der Waals surface area (Å²) in [6.07, 6.45) is 4.24. The van der Waals surface area contributed by atoms with Crippen molar-refractivity contribution in [1.82, 2.24) is 10.2 Å². The minimum absolute atomic E-state index is 0.0527. The van der Waals surface area contributed by atoms with Crippen LogP contribution < -0.4 is 5.32 Å². The Balaban J connectivity index is 2.36. The lowest BCUT2D eigenvalue weighted by molar-refractivity contribution is -0.137. The fraction of sp³-hybridized carbons (Fsp3) is 0.769. The van der Waals surface area contributed by atoms with Crippen LogP contribution in [0.4, 0.5) is 4.79 Å². The van der Waals surface area contributed by atoms with Crippen LogP contribution in [0.1, 0.15) is 51.9 Å². The molecule has 0 radical (unpaired) electrons. The van der Waals surface area contributed by atoms with Gasteiger partial charge in [0.15, 0.2) is 0 Å². The van der Waals surface area contributed by atoms with Gasteiger partial charge in [0.25, 0.3) is 0 Å². The zero-order valence-corrected chi connectivity index (χ0v) is 11.4. The molecule has 1 saturated heterocycles. The number of nitrogens with one attached hydrogen (secondary N) is 1. The molecule has 1 rings (SSSR count). The highest BCUT2D eigenvalue weighted by Gasteiger charge is 2.26. The quantitative estimate of drug-likeness (QED) is 0.796. The summed E-state index contributed by atoms with van der Waals surface area (Å²) >= 11 is 0. The standard InChI is InChI=1S/C13H22N2O4/c1-2-10-6-3-4-9-15(10)13(19)14-11(16)7-5-8-12(17)18/h10H,2-9H2,1H3,(H,17,18)(H,14,16,19). The zero-order chi connectivity index (χ0) is 14.3. The van der Waals surface area contributed by atoms with E-state index in [9.17, 15) is 14.4 Å². The second kappa shape index (κ2) is 7.76. The number of nitrogens with zero attached hydrogens (tertiary/aromatic N) is 1. The molecule has 1 aliphatic heterocycles. The predicted octanol–water partition coefficient (Wildman–Crippen LogP) is 1.74. The molecule has 6 heteroatoms. The molecule has 1 aliphatic rings. The first-order valence-corrected chi connectivity index (χ1v) is 6.86. The first-order valence-electron chi connectivity index (χ1n) is 6.86. The summed E-state index contributed by atoms with van der Waals surface area (Å²) in [7, 11) is 0. The van der Waals surface area contributed by atoms with E-state index in [2.05, 4.69) is 5.32 Å². The van der Waals surface area contributed by atoms with Gasteiger partial charge in [0.1, 0.15) is 0 Å². The molecule has 0 aromatic carbocycles. The molecule has 0 aromatic heterocycles. The molecule has 19 heavy (non-hydrogen) atoms. The molecule has 0 bridgehead atoms. The number of amides is 3. The van der Waals surface area contributed by atoms with Crippen LogP contribution >= 0.6 is 0 Å². The molecular formula is C13H22N2O4. The topological polar surface area (TPSA) is 86.7 Å². The monoisotopic (exact) mass is 270 g/mol. The average Bonchev–Trinajstić information content (AvgIpc) is 2.38. The van der Waals surface area contributed by atoms with Crippen molar-refractivity contribution in [2.45, 2.75) is 57.9 Å². The van der Waals surface area contributed by atoms with Gasteiger partial charge in [0.05, 0.1) is 0 Å². The summed E-state index contributed by atoms with van der Waals surface area (Å²) in [5.74, 6) is -1.33. The number of hydrogen-bond donors (Lipinski definition) is 2. The largest absolute Gasteiger partial charge is 0.481 e. The molecule has 0 aliphatic carbocycles. The van der Waals surface area contributed by atoms with E-state index < -0.39 is 11.9 Å². The smallest absolute Gasteiger partial charge is 0.324 e. The van der Waals surface area contributed by atoms with Crippen molar-refractivity contribution in [2.75, 3.05) is 6.54 Å². The van der Waals surface area contributed by atoms with E-state index in [1.54, 1.807) is 4.90 Å². The van der Waals surface area contributed by atoms with E-state index in [0.29, 0.717) is 6.54 Å². The van der Waals surface area contributed by atoms with Gasteiger partial charge in [0.2, 0.25) is 5.91 Å². The third-order valence-electron chi connectivity index (χ3n) is 3.40. The van der Waals surface area contributed by atoms with E-state index in [0.717, 1.165) is 25.7 Å². The van der Waals surface area contributed by atoms with Crippen molar-refractivity contribution in [1.29, 1.82) is 0 Å². The summed E-state index contributed by atoms with van der Waals surface area (Å²) in [6.45, 7) is 2.72. The third kappa shape index (κ3) is 5.28. The van der Waals surface area contributed by atoms with Gasteiger partial charge in [-0.1, -0.05) is 6.92 Å². The Kier molecular flexibility index (Phi) is 6.32. The van der Waals surface area contributed by atoms with Gasteiger partial charge < -0.3 is 10.0 Å². The Morgan fingerprint density at radius 1 is 1.26 bits per heavy atom. The number of carbonyl (C=O) groups excluding carboxylic acids is 2. The number of carboxylic acid groups (broad SMARTS) is 1. The summed E-state index contributed by atoms with van der Waals surface area (Å²) in [5.41, 5.74) is 0. The number of likely N-dealkylation sites (tertiary alicyclic amines) is 1. The van der Waals surface area contributed by atoms with Crippen LogP contribution in [0, 0.1) is 0 Å². The van der Waals surface area contributed by atoms with E-state index in [4.69, 9.17) is 5.11 Å². The van der Waals surface area contributed by atoms with Crippen LogP contribution in [0.3, 0.4) is 0 Å². The Bertz CT molecular complexity index is 344. The molecule has 6 nitrogen and oxygen atoms in total. The maximum atomic E-state index is 12.0. The molecule has 0 saturated carbocycles. The van der Waals surface area contributed by atoms with E-state index >= 15 is 0 Å². The number of carbonyl (C=O) groups is 3. The average molecular weight is 270 g/mol. The van der Waals surface area contributed by atoms with Crippen molar-refractivity contribution >= 4 is 17.9 Å². The zero-order valence-electron chi connectivity index (χ0n) is 11.4. The molecule has 108 valence electrons. The fourth-order valence-corrected chi connectivity index (χ4v) is 2.35. The molecule has 0 spiro atoms. The Hall–Kier alpha value is -1.59. The number of rotatable bonds is 5. The van der Waals surface area contributed by atoms with Crippen molar-refractivity contribution in [3.8, 4) is 0 Å².